The summed E-state index contributed by atoms with van der Waals surface area (Å²) in [6.45, 7) is 0. The lowest BCUT2D eigenvalue weighted by atomic mass is 10.1. The molecule has 4 aromatic rings. The second kappa shape index (κ2) is 7.99. The summed E-state index contributed by atoms with van der Waals surface area (Å²) in [4.78, 5) is 12.4. The largest absolute Gasteiger partial charge is 0.384 e. The fraction of sp³-hybridized carbons (Fsp3) is 0. The van der Waals surface area contributed by atoms with Gasteiger partial charge in [-0.05, 0) is 60.7 Å². The maximum atomic E-state index is 12.4. The highest BCUT2D eigenvalue weighted by Crippen LogP contribution is 2.25. The first-order valence-corrected chi connectivity index (χ1v) is 9.54. The molecule has 0 radical (unpaired) electrons. The van der Waals surface area contributed by atoms with Gasteiger partial charge in [0, 0.05) is 32.9 Å². The third-order valence-electron chi connectivity index (χ3n) is 4.33. The number of hydrogen-bond acceptors (Lipinski definition) is 3. The van der Waals surface area contributed by atoms with Crippen molar-refractivity contribution in [1.29, 1.82) is 0 Å². The van der Waals surface area contributed by atoms with Crippen LogP contribution in [-0.2, 0) is 0 Å². The minimum atomic E-state index is -0.216. The van der Waals surface area contributed by atoms with Crippen molar-refractivity contribution in [3.05, 3.63) is 94.5 Å². The van der Waals surface area contributed by atoms with Gasteiger partial charge in [-0.15, -0.1) is 0 Å². The molecule has 0 aliphatic carbocycles. The lowest BCUT2D eigenvalue weighted by Crippen LogP contribution is -2.12. The van der Waals surface area contributed by atoms with Gasteiger partial charge >= 0.3 is 0 Å². The molecule has 144 valence electrons. The minimum absolute atomic E-state index is 0.216. The summed E-state index contributed by atoms with van der Waals surface area (Å²) in [5.41, 5.74) is 9.67. The van der Waals surface area contributed by atoms with Crippen LogP contribution < -0.4 is 11.1 Å². The molecule has 0 saturated heterocycles. The Balaban J connectivity index is 1.55. The molecular formula is C22H16Cl2N4O. The van der Waals surface area contributed by atoms with Crippen LogP contribution in [0.5, 0.6) is 0 Å². The van der Waals surface area contributed by atoms with Gasteiger partial charge in [0.1, 0.15) is 5.82 Å². The van der Waals surface area contributed by atoms with Gasteiger partial charge in [-0.2, -0.15) is 5.10 Å². The van der Waals surface area contributed by atoms with Crippen molar-refractivity contribution in [3.63, 3.8) is 0 Å². The van der Waals surface area contributed by atoms with E-state index in [0.717, 1.165) is 16.9 Å². The van der Waals surface area contributed by atoms with E-state index in [9.17, 15) is 4.79 Å². The van der Waals surface area contributed by atoms with Crippen LogP contribution in [0.25, 0.3) is 16.9 Å². The molecule has 29 heavy (non-hydrogen) atoms. The van der Waals surface area contributed by atoms with Crippen LogP contribution in [0.15, 0.2) is 78.9 Å². The van der Waals surface area contributed by atoms with Crippen molar-refractivity contribution < 1.29 is 4.79 Å². The van der Waals surface area contributed by atoms with Gasteiger partial charge in [-0.1, -0.05) is 35.3 Å². The van der Waals surface area contributed by atoms with E-state index in [1.165, 1.54) is 0 Å². The summed E-state index contributed by atoms with van der Waals surface area (Å²) < 4.78 is 1.62. The second-order valence-electron chi connectivity index (χ2n) is 6.38. The molecule has 1 aromatic heterocycles. The number of amides is 1. The van der Waals surface area contributed by atoms with Gasteiger partial charge < -0.3 is 11.1 Å². The van der Waals surface area contributed by atoms with Crippen molar-refractivity contribution in [3.8, 4) is 16.9 Å². The number of aromatic nitrogens is 2. The summed E-state index contributed by atoms with van der Waals surface area (Å²) in [6.07, 6.45) is 0. The maximum absolute atomic E-state index is 12.4. The van der Waals surface area contributed by atoms with Crippen LogP contribution >= 0.6 is 23.2 Å². The Kier molecular flexibility index (Phi) is 5.25. The number of benzene rings is 3. The van der Waals surface area contributed by atoms with Crippen LogP contribution in [0.2, 0.25) is 10.0 Å². The SMILES string of the molecule is Nc1cc(-c2cccc(Cl)c2)nn1-c1ccc(C(=O)Nc2ccc(Cl)cc2)cc1. The molecule has 0 spiro atoms. The number of halogens is 2. The fourth-order valence-corrected chi connectivity index (χ4v) is 3.20. The van der Waals surface area contributed by atoms with Crippen molar-refractivity contribution in [1.82, 2.24) is 9.78 Å². The monoisotopic (exact) mass is 422 g/mol. The molecule has 4 rings (SSSR count). The van der Waals surface area contributed by atoms with E-state index in [1.807, 2.05) is 18.2 Å². The number of nitrogen functional groups attached to an aromatic ring is 1. The predicted octanol–water partition coefficient (Wildman–Crippen LogP) is 5.68. The number of carbonyl (C=O) groups excluding carboxylic acids is 1. The Hall–Kier alpha value is -3.28. The zero-order valence-electron chi connectivity index (χ0n) is 15.1. The van der Waals surface area contributed by atoms with Crippen molar-refractivity contribution in [2.75, 3.05) is 11.1 Å². The quantitative estimate of drug-likeness (QED) is 0.444. The summed E-state index contributed by atoms with van der Waals surface area (Å²) in [5.74, 6) is 0.269. The van der Waals surface area contributed by atoms with E-state index in [2.05, 4.69) is 10.4 Å². The van der Waals surface area contributed by atoms with Crippen molar-refractivity contribution in [2.24, 2.45) is 0 Å². The van der Waals surface area contributed by atoms with Crippen molar-refractivity contribution >= 4 is 40.6 Å². The molecule has 7 heteroatoms. The first-order valence-electron chi connectivity index (χ1n) is 8.78. The van der Waals surface area contributed by atoms with Crippen LogP contribution in [0.3, 0.4) is 0 Å². The molecule has 5 nitrogen and oxygen atoms in total. The number of anilines is 2. The third-order valence-corrected chi connectivity index (χ3v) is 4.82. The zero-order chi connectivity index (χ0) is 20.4. The molecule has 1 heterocycles. The number of rotatable bonds is 4. The van der Waals surface area contributed by atoms with Gasteiger partial charge in [0.05, 0.1) is 11.4 Å². The second-order valence-corrected chi connectivity index (χ2v) is 7.26. The van der Waals surface area contributed by atoms with Gasteiger partial charge in [0.2, 0.25) is 0 Å². The lowest BCUT2D eigenvalue weighted by Gasteiger charge is -2.07. The van der Waals surface area contributed by atoms with E-state index in [4.69, 9.17) is 28.9 Å². The molecule has 0 fully saturated rings. The van der Waals surface area contributed by atoms with E-state index in [-0.39, 0.29) is 5.91 Å². The molecule has 3 aromatic carbocycles. The van der Waals surface area contributed by atoms with Gasteiger partial charge in [0.15, 0.2) is 0 Å². The van der Waals surface area contributed by atoms with Gasteiger partial charge in [-0.3, -0.25) is 4.79 Å². The Morgan fingerprint density at radius 1 is 0.897 bits per heavy atom. The molecule has 0 unspecified atom stereocenters. The molecule has 0 aliphatic rings. The highest BCUT2D eigenvalue weighted by Gasteiger charge is 2.11. The van der Waals surface area contributed by atoms with E-state index in [1.54, 1.807) is 65.3 Å². The summed E-state index contributed by atoms with van der Waals surface area (Å²) in [7, 11) is 0. The smallest absolute Gasteiger partial charge is 0.255 e. The summed E-state index contributed by atoms with van der Waals surface area (Å²) >= 11 is 11.9. The molecule has 0 atom stereocenters. The predicted molar refractivity (Wildman–Crippen MR) is 118 cm³/mol. The highest BCUT2D eigenvalue weighted by molar-refractivity contribution is 6.31. The van der Waals surface area contributed by atoms with Crippen LogP contribution in [0.4, 0.5) is 11.5 Å². The van der Waals surface area contributed by atoms with Crippen LogP contribution in [0.1, 0.15) is 10.4 Å². The molecule has 0 aliphatic heterocycles. The standard InChI is InChI=1S/C22H16Cl2N4O/c23-16-6-8-18(9-7-16)26-22(29)14-4-10-19(11-5-14)28-21(25)13-20(27-28)15-2-1-3-17(24)12-15/h1-13H,25H2,(H,26,29). The fourth-order valence-electron chi connectivity index (χ4n) is 2.88. The molecule has 1 amide bonds. The Morgan fingerprint density at radius 2 is 1.62 bits per heavy atom. The van der Waals surface area contributed by atoms with Crippen LogP contribution in [0, 0.1) is 0 Å². The maximum Gasteiger partial charge on any atom is 0.255 e. The average molecular weight is 423 g/mol. The van der Waals surface area contributed by atoms with Gasteiger partial charge in [-0.25, -0.2) is 4.68 Å². The van der Waals surface area contributed by atoms with E-state index in [0.29, 0.717) is 27.1 Å². The topological polar surface area (TPSA) is 72.9 Å². The zero-order valence-corrected chi connectivity index (χ0v) is 16.7. The molecular weight excluding hydrogens is 407 g/mol. The number of hydrogen-bond donors (Lipinski definition) is 2. The number of nitrogens with one attached hydrogen (secondary N) is 1. The summed E-state index contributed by atoms with van der Waals surface area (Å²) in [6, 6.07) is 23.2. The first-order chi connectivity index (χ1) is 14.0. The van der Waals surface area contributed by atoms with Crippen LogP contribution in [-0.4, -0.2) is 15.7 Å². The lowest BCUT2D eigenvalue weighted by molar-refractivity contribution is 0.102. The Morgan fingerprint density at radius 3 is 2.31 bits per heavy atom. The number of carbonyl (C=O) groups is 1. The normalized spacial score (nSPS) is 10.7. The Bertz CT molecular complexity index is 1170. The number of nitrogens with zero attached hydrogens (tertiary/aromatic N) is 2. The first kappa shape index (κ1) is 19.1. The van der Waals surface area contributed by atoms with E-state index >= 15 is 0 Å². The Labute approximate surface area is 177 Å². The molecule has 0 bridgehead atoms. The molecule has 0 saturated carbocycles. The van der Waals surface area contributed by atoms with Gasteiger partial charge in [0.25, 0.3) is 5.91 Å². The molecule has 3 N–H and O–H groups in total. The third kappa shape index (κ3) is 4.26. The average Bonchev–Trinajstić information content (AvgIpc) is 3.11. The highest BCUT2D eigenvalue weighted by atomic mass is 35.5. The minimum Gasteiger partial charge on any atom is -0.384 e. The van der Waals surface area contributed by atoms with Crippen molar-refractivity contribution in [2.45, 2.75) is 0 Å². The number of nitrogens with two attached hydrogens (primary N) is 1. The summed E-state index contributed by atoms with van der Waals surface area (Å²) in [5, 5.41) is 8.64. The van der Waals surface area contributed by atoms with E-state index < -0.39 is 0 Å².